The van der Waals surface area contributed by atoms with Gasteiger partial charge >= 0.3 is 5.97 Å². The van der Waals surface area contributed by atoms with Gasteiger partial charge in [0.25, 0.3) is 0 Å². The Morgan fingerprint density at radius 3 is 2.26 bits per heavy atom. The third-order valence-electron chi connectivity index (χ3n) is 4.52. The van der Waals surface area contributed by atoms with Crippen LogP contribution in [0, 0.1) is 5.41 Å². The van der Waals surface area contributed by atoms with Crippen molar-refractivity contribution in [2.75, 3.05) is 19.7 Å². The Morgan fingerprint density at radius 2 is 1.79 bits per heavy atom. The van der Waals surface area contributed by atoms with E-state index in [9.17, 15) is 4.79 Å². The number of rotatable bonds is 6. The van der Waals surface area contributed by atoms with Gasteiger partial charge in [-0.15, -0.1) is 0 Å². The average Bonchev–Trinajstić information content (AvgIpc) is 2.28. The molecule has 1 fully saturated rings. The van der Waals surface area contributed by atoms with Gasteiger partial charge in [0.2, 0.25) is 0 Å². The second-order valence-electron chi connectivity index (χ2n) is 6.57. The summed E-state index contributed by atoms with van der Waals surface area (Å²) in [6.45, 7) is 13.4. The van der Waals surface area contributed by atoms with Crippen LogP contribution >= 0.6 is 0 Å². The van der Waals surface area contributed by atoms with E-state index >= 15 is 0 Å². The van der Waals surface area contributed by atoms with Gasteiger partial charge in [-0.25, -0.2) is 0 Å². The van der Waals surface area contributed by atoms with Crippen LogP contribution in [0.15, 0.2) is 0 Å². The van der Waals surface area contributed by atoms with Gasteiger partial charge < -0.3 is 4.74 Å². The van der Waals surface area contributed by atoms with Crippen molar-refractivity contribution in [3.8, 4) is 0 Å². The molecule has 0 heterocycles. The average molecular weight is 269 g/mol. The fourth-order valence-electron chi connectivity index (χ4n) is 3.87. The molecule has 1 unspecified atom stereocenters. The normalized spacial score (nSPS) is 26.4. The van der Waals surface area contributed by atoms with Gasteiger partial charge in [0.1, 0.15) is 0 Å². The first kappa shape index (κ1) is 16.5. The molecule has 19 heavy (non-hydrogen) atoms. The lowest BCUT2D eigenvalue weighted by Gasteiger charge is -2.50. The van der Waals surface area contributed by atoms with Crippen molar-refractivity contribution in [3.05, 3.63) is 0 Å². The van der Waals surface area contributed by atoms with Crippen LogP contribution in [0.25, 0.3) is 0 Å². The summed E-state index contributed by atoms with van der Waals surface area (Å²) in [7, 11) is 0. The van der Waals surface area contributed by atoms with Crippen LogP contribution in [0.2, 0.25) is 0 Å². The molecule has 0 amide bonds. The van der Waals surface area contributed by atoms with E-state index in [1.165, 1.54) is 12.8 Å². The fraction of sp³-hybridized carbons (Fsp3) is 0.938. The molecule has 0 radical (unpaired) electrons. The van der Waals surface area contributed by atoms with E-state index in [1.807, 2.05) is 6.92 Å². The molecule has 1 aliphatic carbocycles. The topological polar surface area (TPSA) is 29.5 Å². The minimum atomic E-state index is -0.0351. The lowest BCUT2D eigenvalue weighted by atomic mass is 9.66. The summed E-state index contributed by atoms with van der Waals surface area (Å²) in [5.41, 5.74) is 0.338. The summed E-state index contributed by atoms with van der Waals surface area (Å²) in [4.78, 5) is 14.5. The molecular weight excluding hydrogens is 238 g/mol. The first-order valence-electron chi connectivity index (χ1n) is 7.80. The van der Waals surface area contributed by atoms with Gasteiger partial charge in [-0.1, -0.05) is 34.1 Å². The van der Waals surface area contributed by atoms with Crippen molar-refractivity contribution in [1.82, 2.24) is 4.90 Å². The Balaban J connectivity index is 2.92. The lowest BCUT2D eigenvalue weighted by Crippen LogP contribution is -2.54. The van der Waals surface area contributed by atoms with Gasteiger partial charge in [-0.3, -0.25) is 9.69 Å². The third kappa shape index (κ3) is 4.20. The number of esters is 1. The minimum absolute atomic E-state index is 0.0114. The van der Waals surface area contributed by atoms with E-state index in [-0.39, 0.29) is 11.5 Å². The number of carbonyl (C=O) groups excluding carboxylic acids is 1. The van der Waals surface area contributed by atoms with Crippen molar-refractivity contribution in [2.24, 2.45) is 5.41 Å². The second kappa shape index (κ2) is 6.74. The zero-order valence-electron chi connectivity index (χ0n) is 13.4. The molecule has 1 atom stereocenters. The van der Waals surface area contributed by atoms with Crippen molar-refractivity contribution in [1.29, 1.82) is 0 Å². The standard InChI is InChI=1S/C16H31NO2/c1-6-17(7-2)16(12-14(18)19-8-3)11-9-10-15(4,5)13-16/h6-13H2,1-5H3. The van der Waals surface area contributed by atoms with Gasteiger partial charge in [0, 0.05) is 5.54 Å². The van der Waals surface area contributed by atoms with E-state index < -0.39 is 0 Å². The Morgan fingerprint density at radius 1 is 1.16 bits per heavy atom. The van der Waals surface area contributed by atoms with Crippen molar-refractivity contribution in [2.45, 2.75) is 72.3 Å². The largest absolute Gasteiger partial charge is 0.466 e. The monoisotopic (exact) mass is 269 g/mol. The smallest absolute Gasteiger partial charge is 0.307 e. The summed E-state index contributed by atoms with van der Waals surface area (Å²) in [5, 5.41) is 0. The summed E-state index contributed by atoms with van der Waals surface area (Å²) in [6, 6.07) is 0. The highest BCUT2D eigenvalue weighted by atomic mass is 16.5. The van der Waals surface area contributed by atoms with E-state index in [0.717, 1.165) is 25.9 Å². The molecule has 0 aliphatic heterocycles. The first-order chi connectivity index (χ1) is 8.89. The predicted octanol–water partition coefficient (Wildman–Crippen LogP) is 3.62. The maximum atomic E-state index is 12.0. The van der Waals surface area contributed by atoms with E-state index in [0.29, 0.717) is 18.4 Å². The van der Waals surface area contributed by atoms with Crippen LogP contribution in [-0.4, -0.2) is 36.1 Å². The molecule has 0 spiro atoms. The van der Waals surface area contributed by atoms with Crippen LogP contribution in [0.5, 0.6) is 0 Å². The summed E-state index contributed by atoms with van der Waals surface area (Å²) >= 11 is 0. The third-order valence-corrected chi connectivity index (χ3v) is 4.52. The molecule has 0 aromatic rings. The van der Waals surface area contributed by atoms with E-state index in [1.54, 1.807) is 0 Å². The number of hydrogen-bond acceptors (Lipinski definition) is 3. The Bertz CT molecular complexity index is 297. The maximum Gasteiger partial charge on any atom is 0.307 e. The zero-order valence-corrected chi connectivity index (χ0v) is 13.4. The van der Waals surface area contributed by atoms with Gasteiger partial charge in [-0.2, -0.15) is 0 Å². The molecule has 0 aromatic heterocycles. The lowest BCUT2D eigenvalue weighted by molar-refractivity contribution is -0.148. The first-order valence-corrected chi connectivity index (χ1v) is 7.80. The second-order valence-corrected chi connectivity index (χ2v) is 6.57. The summed E-state index contributed by atoms with van der Waals surface area (Å²) in [5.74, 6) is -0.0351. The van der Waals surface area contributed by atoms with Crippen LogP contribution in [0.4, 0.5) is 0 Å². The molecule has 0 aromatic carbocycles. The van der Waals surface area contributed by atoms with Gasteiger partial charge in [0.15, 0.2) is 0 Å². The number of ether oxygens (including phenoxy) is 1. The minimum Gasteiger partial charge on any atom is -0.466 e. The quantitative estimate of drug-likeness (QED) is 0.690. The Labute approximate surface area is 118 Å². The molecule has 1 rings (SSSR count). The van der Waals surface area contributed by atoms with Gasteiger partial charge in [-0.05, 0) is 44.7 Å². The molecule has 1 saturated carbocycles. The van der Waals surface area contributed by atoms with Crippen LogP contribution in [0.1, 0.15) is 66.7 Å². The summed E-state index contributed by atoms with van der Waals surface area (Å²) < 4.78 is 5.21. The predicted molar refractivity (Wildman–Crippen MR) is 79.2 cm³/mol. The zero-order chi connectivity index (χ0) is 14.5. The SMILES string of the molecule is CCOC(=O)CC1(N(CC)CC)CCCC(C)(C)C1. The molecule has 0 N–H and O–H groups in total. The Hall–Kier alpha value is -0.570. The van der Waals surface area contributed by atoms with Crippen molar-refractivity contribution < 1.29 is 9.53 Å². The molecule has 3 nitrogen and oxygen atoms in total. The van der Waals surface area contributed by atoms with E-state index in [4.69, 9.17) is 4.74 Å². The maximum absolute atomic E-state index is 12.0. The van der Waals surface area contributed by atoms with Crippen LogP contribution < -0.4 is 0 Å². The highest BCUT2D eigenvalue weighted by molar-refractivity contribution is 5.71. The molecule has 112 valence electrons. The number of hydrogen-bond donors (Lipinski definition) is 0. The van der Waals surface area contributed by atoms with Crippen LogP contribution in [0.3, 0.4) is 0 Å². The van der Waals surface area contributed by atoms with Crippen LogP contribution in [-0.2, 0) is 9.53 Å². The summed E-state index contributed by atoms with van der Waals surface area (Å²) in [6.07, 6.45) is 5.24. The van der Waals surface area contributed by atoms with Crippen molar-refractivity contribution in [3.63, 3.8) is 0 Å². The number of nitrogens with zero attached hydrogens (tertiary/aromatic N) is 1. The highest BCUT2D eigenvalue weighted by Gasteiger charge is 2.44. The molecule has 3 heteroatoms. The highest BCUT2D eigenvalue weighted by Crippen LogP contribution is 2.45. The van der Waals surface area contributed by atoms with Gasteiger partial charge in [0.05, 0.1) is 13.0 Å². The number of carbonyl (C=O) groups is 1. The fourth-order valence-corrected chi connectivity index (χ4v) is 3.87. The Kier molecular flexibility index (Phi) is 5.84. The molecule has 0 bridgehead atoms. The van der Waals surface area contributed by atoms with Crippen molar-refractivity contribution >= 4 is 5.97 Å². The molecular formula is C16H31NO2. The molecule has 1 aliphatic rings. The van der Waals surface area contributed by atoms with E-state index in [2.05, 4.69) is 32.6 Å². The molecule has 0 saturated heterocycles.